The third-order valence-corrected chi connectivity index (χ3v) is 6.91. The molecule has 0 fully saturated rings. The van der Waals surface area contributed by atoms with Crippen molar-refractivity contribution < 1.29 is 38.9 Å². The van der Waals surface area contributed by atoms with E-state index in [1.807, 2.05) is 6.07 Å². The van der Waals surface area contributed by atoms with Crippen LogP contribution in [0, 0.1) is 11.5 Å². The van der Waals surface area contributed by atoms with Crippen molar-refractivity contribution in [1.82, 2.24) is 25.8 Å². The maximum atomic E-state index is 12.6. The van der Waals surface area contributed by atoms with Gasteiger partial charge in [0, 0.05) is 23.4 Å². The molecule has 0 saturated heterocycles. The Hall–Kier alpha value is -7.94. The molecule has 9 N–H and O–H groups in total. The van der Waals surface area contributed by atoms with Gasteiger partial charge in [-0.05, 0) is 80.1 Å². The molecule has 1 heterocycles. The van der Waals surface area contributed by atoms with Gasteiger partial charge in [-0.3, -0.25) is 4.79 Å². The first-order valence-electron chi connectivity index (χ1n) is 16.3. The van der Waals surface area contributed by atoms with Crippen LogP contribution in [0.3, 0.4) is 0 Å². The first kappa shape index (κ1) is 39.8. The number of nitrogens with one attached hydrogen (secondary N) is 5. The van der Waals surface area contributed by atoms with E-state index in [4.69, 9.17) is 25.6 Å². The van der Waals surface area contributed by atoms with Gasteiger partial charge in [-0.2, -0.15) is 15.2 Å². The molecule has 5 rings (SSSR count). The number of aliphatic carboxylic acids is 1. The first-order chi connectivity index (χ1) is 26.4. The highest BCUT2D eigenvalue weighted by Crippen LogP contribution is 2.19. The van der Waals surface area contributed by atoms with E-state index in [1.165, 1.54) is 12.1 Å². The molecule has 4 aromatic carbocycles. The number of benzene rings is 4. The van der Waals surface area contributed by atoms with E-state index >= 15 is 0 Å². The van der Waals surface area contributed by atoms with E-state index in [0.717, 1.165) is 0 Å². The van der Waals surface area contributed by atoms with Gasteiger partial charge in [0.2, 0.25) is 11.9 Å². The Bertz CT molecular complexity index is 2170. The van der Waals surface area contributed by atoms with Crippen molar-refractivity contribution >= 4 is 58.9 Å². The second-order valence-corrected chi connectivity index (χ2v) is 11.5. The van der Waals surface area contributed by atoms with E-state index in [2.05, 4.69) is 41.4 Å². The number of anilines is 4. The van der Waals surface area contributed by atoms with Crippen molar-refractivity contribution in [2.75, 3.05) is 16.4 Å². The Morgan fingerprint density at radius 2 is 1.62 bits per heavy atom. The minimum absolute atomic E-state index is 0.0359. The summed E-state index contributed by atoms with van der Waals surface area (Å²) < 4.78 is 10.4. The Labute approximate surface area is 314 Å². The number of hydrogen-bond donors (Lipinski definition) is 8. The van der Waals surface area contributed by atoms with Crippen LogP contribution in [0.2, 0.25) is 0 Å². The fourth-order valence-electron chi connectivity index (χ4n) is 4.50. The molecule has 1 unspecified atom stereocenters. The number of para-hydroxylation sites is 1. The van der Waals surface area contributed by atoms with Gasteiger partial charge in [-0.25, -0.2) is 24.8 Å². The minimum Gasteiger partial charge on any atom is -0.480 e. The number of carbonyl (C=O) groups excluding carboxylic acids is 2. The van der Waals surface area contributed by atoms with E-state index in [1.54, 1.807) is 105 Å². The van der Waals surface area contributed by atoms with Crippen molar-refractivity contribution in [1.29, 1.82) is 5.26 Å². The van der Waals surface area contributed by atoms with E-state index < -0.39 is 24.1 Å². The molecular formula is C37H36N10O8. The number of aromatic nitrogens is 3. The Kier molecular flexibility index (Phi) is 14.2. The van der Waals surface area contributed by atoms with Gasteiger partial charge in [0.1, 0.15) is 11.8 Å². The number of aromatic carboxylic acids is 1. The molecule has 0 aliphatic heterocycles. The molecule has 2 amide bonds. The molecule has 18 nitrogen and oxygen atoms in total. The number of nitrogens with two attached hydrogens (primary N) is 1. The lowest BCUT2D eigenvalue weighted by Gasteiger charge is -2.16. The van der Waals surface area contributed by atoms with Gasteiger partial charge < -0.3 is 41.4 Å². The molecule has 0 spiro atoms. The lowest BCUT2D eigenvalue weighted by molar-refractivity contribution is -0.139. The summed E-state index contributed by atoms with van der Waals surface area (Å²) in [5.74, 6) is -1.62. The Morgan fingerprint density at radius 3 is 2.25 bits per heavy atom. The van der Waals surface area contributed by atoms with Crippen LogP contribution in [-0.4, -0.2) is 67.5 Å². The van der Waals surface area contributed by atoms with E-state index in [0.29, 0.717) is 33.9 Å². The van der Waals surface area contributed by atoms with Gasteiger partial charge in [-0.15, -0.1) is 5.10 Å². The van der Waals surface area contributed by atoms with Gasteiger partial charge in [-0.1, -0.05) is 42.5 Å². The zero-order valence-electron chi connectivity index (χ0n) is 29.4. The average molecular weight is 749 g/mol. The number of carbonyl (C=O) groups is 4. The number of aromatic amines is 1. The quantitative estimate of drug-likeness (QED) is 0.0359. The van der Waals surface area contributed by atoms with Crippen molar-refractivity contribution in [2.24, 2.45) is 4.99 Å². The van der Waals surface area contributed by atoms with Gasteiger partial charge in [0.05, 0.1) is 17.4 Å². The number of ether oxygens (including phenoxy) is 2. The molecule has 5 aromatic rings. The number of carboxylic acids is 2. The standard InChI is InChI=1S/C22H25N7O5.C15H11N3O3/c1-12(2)34-22(33)26-17(19(31)32)10-13-6-8-15(9-7-13)24-18(30)14-4-3-5-16(11-14)25-21-27-20(23)28-29-21;16-10-17-15(21-13-7-2-1-3-8-13)18-12-6-4-5-11(9-12)14(19)20/h3-9,11-12,17H,10H2,1-2H3,(H,24,30)(H,26,33)(H,31,32)(H4,23,25,27,28,29);1-9H,(H,17,18)(H,19,20). The highest BCUT2D eigenvalue weighted by atomic mass is 16.6. The molecule has 0 bridgehead atoms. The molecule has 0 aliphatic rings. The Balaban J connectivity index is 0.000000274. The largest absolute Gasteiger partial charge is 0.480 e. The van der Waals surface area contributed by atoms with E-state index in [9.17, 15) is 24.3 Å². The smallest absolute Gasteiger partial charge is 0.408 e. The summed E-state index contributed by atoms with van der Waals surface area (Å²) in [6.45, 7) is 3.34. The molecule has 0 saturated carbocycles. The molecule has 1 aromatic heterocycles. The summed E-state index contributed by atoms with van der Waals surface area (Å²) in [6.07, 6.45) is 0.613. The number of carboxylic acid groups (broad SMARTS) is 2. The molecule has 1 atom stereocenters. The average Bonchev–Trinajstić information content (AvgIpc) is 3.56. The number of H-pyrrole nitrogens is 1. The van der Waals surface area contributed by atoms with Crippen LogP contribution in [0.15, 0.2) is 108 Å². The van der Waals surface area contributed by atoms with Crippen molar-refractivity contribution in [3.8, 4) is 11.9 Å². The van der Waals surface area contributed by atoms with Crippen LogP contribution >= 0.6 is 0 Å². The summed E-state index contributed by atoms with van der Waals surface area (Å²) in [5.41, 5.74) is 8.15. The third-order valence-electron chi connectivity index (χ3n) is 6.91. The van der Waals surface area contributed by atoms with E-state index in [-0.39, 0.29) is 41.9 Å². The topological polar surface area (TPSA) is 279 Å². The highest BCUT2D eigenvalue weighted by molar-refractivity contribution is 6.04. The summed E-state index contributed by atoms with van der Waals surface area (Å²) in [4.78, 5) is 54.8. The van der Waals surface area contributed by atoms with Crippen LogP contribution in [-0.2, 0) is 16.0 Å². The molecular weight excluding hydrogens is 712 g/mol. The van der Waals surface area contributed by atoms with Crippen molar-refractivity contribution in [3.63, 3.8) is 0 Å². The number of rotatable bonds is 12. The van der Waals surface area contributed by atoms with Crippen LogP contribution in [0.25, 0.3) is 0 Å². The zero-order chi connectivity index (χ0) is 39.7. The summed E-state index contributed by atoms with van der Waals surface area (Å²) >= 11 is 0. The fourth-order valence-corrected chi connectivity index (χ4v) is 4.50. The number of amides is 2. The number of nitriles is 1. The predicted octanol–water partition coefficient (Wildman–Crippen LogP) is 5.04. The summed E-state index contributed by atoms with van der Waals surface area (Å²) in [6, 6.07) is 27.0. The monoisotopic (exact) mass is 748 g/mol. The number of alkyl carbamates (subject to hydrolysis) is 1. The van der Waals surface area contributed by atoms with Gasteiger partial charge >= 0.3 is 24.1 Å². The van der Waals surface area contributed by atoms with Crippen LogP contribution in [0.5, 0.6) is 5.75 Å². The number of aliphatic imine (C=N–C) groups is 1. The molecule has 18 heteroatoms. The SMILES string of the molecule is CC(C)OC(=O)NC(Cc1ccc(NC(=O)c2cccc(Nc3n[nH]c(N)n3)c2)cc1)C(=O)O.N#CNC(=Nc1cccc(C(=O)O)c1)Oc1ccccc1. The molecule has 282 valence electrons. The Morgan fingerprint density at radius 1 is 0.909 bits per heavy atom. The van der Waals surface area contributed by atoms with Gasteiger partial charge in [0.25, 0.3) is 5.91 Å². The second kappa shape index (κ2) is 19.6. The maximum Gasteiger partial charge on any atom is 0.408 e. The molecule has 0 aliphatic carbocycles. The van der Waals surface area contributed by atoms with Crippen molar-refractivity contribution in [2.45, 2.75) is 32.4 Å². The number of hydrogen-bond acceptors (Lipinski definition) is 12. The van der Waals surface area contributed by atoms with Crippen LogP contribution in [0.1, 0.15) is 40.1 Å². The maximum absolute atomic E-state index is 12.6. The van der Waals surface area contributed by atoms with Crippen molar-refractivity contribution in [3.05, 3.63) is 120 Å². The predicted molar refractivity (Wildman–Crippen MR) is 201 cm³/mol. The highest BCUT2D eigenvalue weighted by Gasteiger charge is 2.22. The first-order valence-corrected chi connectivity index (χ1v) is 16.3. The fraction of sp³-hybridized carbons (Fsp3) is 0.135. The van der Waals surface area contributed by atoms with Gasteiger partial charge in [0.15, 0.2) is 6.19 Å². The summed E-state index contributed by atoms with van der Waals surface area (Å²) in [7, 11) is 0. The second-order valence-electron chi connectivity index (χ2n) is 11.5. The lowest BCUT2D eigenvalue weighted by atomic mass is 10.1. The molecule has 0 radical (unpaired) electrons. The zero-order valence-corrected chi connectivity index (χ0v) is 29.4. The number of nitrogens with zero attached hydrogens (tertiary/aromatic N) is 4. The normalized spacial score (nSPS) is 11.1. The lowest BCUT2D eigenvalue weighted by Crippen LogP contribution is -2.43. The minimum atomic E-state index is -1.18. The number of amidine groups is 1. The summed E-state index contributed by atoms with van der Waals surface area (Å²) in [5, 5.41) is 43.8. The third kappa shape index (κ3) is 13.3. The molecule has 55 heavy (non-hydrogen) atoms. The van der Waals surface area contributed by atoms with Crippen LogP contribution in [0.4, 0.5) is 33.8 Å². The van der Waals surface area contributed by atoms with Crippen LogP contribution < -0.4 is 31.7 Å². The number of nitrogen functional groups attached to an aromatic ring is 1.